The third-order valence-electron chi connectivity index (χ3n) is 5.35. The Labute approximate surface area is 166 Å². The van der Waals surface area contributed by atoms with Crippen molar-refractivity contribution < 1.29 is 14.6 Å². The van der Waals surface area contributed by atoms with Crippen LogP contribution in [0.1, 0.15) is 18.8 Å². The average Bonchev–Trinajstić information content (AvgIpc) is 2.68. The van der Waals surface area contributed by atoms with E-state index in [2.05, 4.69) is 10.2 Å². The summed E-state index contributed by atoms with van der Waals surface area (Å²) in [7, 11) is 0. The molecule has 0 bridgehead atoms. The second-order valence-corrected chi connectivity index (χ2v) is 7.20. The summed E-state index contributed by atoms with van der Waals surface area (Å²) in [6, 6.07) is 11.6. The molecule has 0 aliphatic carbocycles. The van der Waals surface area contributed by atoms with E-state index >= 15 is 0 Å². The number of fused-ring (bicyclic) bond motifs is 1. The fourth-order valence-corrected chi connectivity index (χ4v) is 3.76. The number of benzene rings is 2. The van der Waals surface area contributed by atoms with Gasteiger partial charge in [0.15, 0.2) is 17.5 Å². The van der Waals surface area contributed by atoms with Crippen molar-refractivity contribution in [2.24, 2.45) is 0 Å². The van der Waals surface area contributed by atoms with E-state index < -0.39 is 17.5 Å². The molecular formula is C21H23FN4O3. The van der Waals surface area contributed by atoms with Gasteiger partial charge in [-0.1, -0.05) is 18.2 Å². The minimum absolute atomic E-state index is 0.0416. The van der Waals surface area contributed by atoms with E-state index in [1.807, 2.05) is 37.3 Å². The van der Waals surface area contributed by atoms with Gasteiger partial charge in [-0.25, -0.2) is 4.39 Å². The number of nitrogens with two attached hydrogens (primary N) is 1. The Morgan fingerprint density at radius 2 is 1.97 bits per heavy atom. The van der Waals surface area contributed by atoms with Gasteiger partial charge in [0.2, 0.25) is 0 Å². The number of hydrogen-bond donors (Lipinski definition) is 4. The lowest BCUT2D eigenvalue weighted by atomic mass is 10.0. The van der Waals surface area contributed by atoms with E-state index in [0.717, 1.165) is 18.8 Å². The predicted molar refractivity (Wildman–Crippen MR) is 111 cm³/mol. The molecule has 0 amide bonds. The maximum absolute atomic E-state index is 14.9. The maximum atomic E-state index is 14.9. The van der Waals surface area contributed by atoms with E-state index in [0.29, 0.717) is 12.1 Å². The molecule has 0 atom stereocenters. The highest BCUT2D eigenvalue weighted by Gasteiger charge is 2.28. The van der Waals surface area contributed by atoms with Gasteiger partial charge in [-0.3, -0.25) is 4.79 Å². The van der Waals surface area contributed by atoms with Gasteiger partial charge in [-0.2, -0.15) is 0 Å². The van der Waals surface area contributed by atoms with Crippen molar-refractivity contribution in [2.75, 3.05) is 29.0 Å². The second kappa shape index (κ2) is 7.38. The molecule has 4 rings (SSSR count). The molecule has 8 heteroatoms. The average molecular weight is 398 g/mol. The van der Waals surface area contributed by atoms with Crippen molar-refractivity contribution in [3.05, 3.63) is 64.2 Å². The number of halogens is 1. The zero-order chi connectivity index (χ0) is 20.7. The molecule has 152 valence electrons. The SMILES string of the molecule is CCn1cc(C(O)O)c(=O)c2c(N)c(F)c(NC3CN(c4ccccc4)C3)cc21. The van der Waals surface area contributed by atoms with E-state index in [9.17, 15) is 19.4 Å². The highest BCUT2D eigenvalue weighted by atomic mass is 19.1. The number of anilines is 3. The number of para-hydroxylation sites is 1. The van der Waals surface area contributed by atoms with Crippen molar-refractivity contribution in [1.82, 2.24) is 4.57 Å². The standard InChI is InChI=1S/C21H23FN4O3/c1-2-25-11-14(21(28)29)20(27)17-16(25)8-15(18(22)19(17)23)24-12-9-26(10-12)13-6-4-3-5-7-13/h3-8,11-12,21,24,28-29H,2,9-10,23H2,1H3. The van der Waals surface area contributed by atoms with E-state index in [1.165, 1.54) is 6.20 Å². The summed E-state index contributed by atoms with van der Waals surface area (Å²) in [5, 5.41) is 22.1. The quantitative estimate of drug-likeness (QED) is 0.387. The Balaban J connectivity index is 1.67. The smallest absolute Gasteiger partial charge is 0.199 e. The number of aliphatic hydroxyl groups excluding tert-OH is 1. The third-order valence-corrected chi connectivity index (χ3v) is 5.35. The zero-order valence-electron chi connectivity index (χ0n) is 16.0. The van der Waals surface area contributed by atoms with Crippen LogP contribution in [-0.2, 0) is 6.54 Å². The minimum atomic E-state index is -1.95. The largest absolute Gasteiger partial charge is 0.396 e. The Morgan fingerprint density at radius 1 is 1.28 bits per heavy atom. The monoisotopic (exact) mass is 398 g/mol. The number of rotatable bonds is 5. The normalized spacial score (nSPS) is 14.4. The highest BCUT2D eigenvalue weighted by Crippen LogP contribution is 2.31. The Kier molecular flexibility index (Phi) is 4.89. The molecule has 1 aliphatic heterocycles. The molecule has 7 nitrogen and oxygen atoms in total. The van der Waals surface area contributed by atoms with Crippen molar-refractivity contribution >= 4 is 28.0 Å². The number of aryl methyl sites for hydroxylation is 1. The summed E-state index contributed by atoms with van der Waals surface area (Å²) >= 11 is 0. The van der Waals surface area contributed by atoms with Crippen LogP contribution in [-0.4, -0.2) is 33.9 Å². The number of hydrogen-bond acceptors (Lipinski definition) is 6. The third kappa shape index (κ3) is 3.30. The van der Waals surface area contributed by atoms with Crippen LogP contribution < -0.4 is 21.4 Å². The zero-order valence-corrected chi connectivity index (χ0v) is 16.0. The molecule has 0 radical (unpaired) electrons. The Hall–Kier alpha value is -3.10. The van der Waals surface area contributed by atoms with E-state index in [-0.39, 0.29) is 28.4 Å². The number of nitrogens with zero attached hydrogens (tertiary/aromatic N) is 2. The van der Waals surface area contributed by atoms with Gasteiger partial charge in [-0.05, 0) is 25.1 Å². The highest BCUT2D eigenvalue weighted by molar-refractivity contribution is 5.94. The van der Waals surface area contributed by atoms with E-state index in [4.69, 9.17) is 5.73 Å². The van der Waals surface area contributed by atoms with Gasteiger partial charge >= 0.3 is 0 Å². The van der Waals surface area contributed by atoms with E-state index in [1.54, 1.807) is 10.6 Å². The molecule has 3 aromatic rings. The lowest BCUT2D eigenvalue weighted by Crippen LogP contribution is -2.55. The maximum Gasteiger partial charge on any atom is 0.199 e. The van der Waals surface area contributed by atoms with Crippen LogP contribution in [0.2, 0.25) is 0 Å². The predicted octanol–water partition coefficient (Wildman–Crippen LogP) is 2.03. The first kappa shape index (κ1) is 19.2. The van der Waals surface area contributed by atoms with Crippen molar-refractivity contribution in [3.63, 3.8) is 0 Å². The van der Waals surface area contributed by atoms with Crippen LogP contribution >= 0.6 is 0 Å². The molecule has 1 saturated heterocycles. The van der Waals surface area contributed by atoms with Crippen LogP contribution in [0.15, 0.2) is 47.4 Å². The van der Waals surface area contributed by atoms with Gasteiger partial charge in [0, 0.05) is 31.5 Å². The number of aliphatic hydroxyl groups is 2. The first-order valence-electron chi connectivity index (χ1n) is 9.48. The summed E-state index contributed by atoms with van der Waals surface area (Å²) in [6.07, 6.45) is -0.583. The van der Waals surface area contributed by atoms with Gasteiger partial charge in [0.1, 0.15) is 0 Å². The summed E-state index contributed by atoms with van der Waals surface area (Å²) in [4.78, 5) is 14.8. The van der Waals surface area contributed by atoms with Crippen molar-refractivity contribution in [2.45, 2.75) is 25.8 Å². The Morgan fingerprint density at radius 3 is 2.59 bits per heavy atom. The second-order valence-electron chi connectivity index (χ2n) is 7.20. The van der Waals surface area contributed by atoms with Gasteiger partial charge in [0.05, 0.1) is 33.9 Å². The first-order valence-corrected chi connectivity index (χ1v) is 9.48. The summed E-state index contributed by atoms with van der Waals surface area (Å²) in [5.74, 6) is -0.708. The van der Waals surface area contributed by atoms with Crippen LogP contribution in [0, 0.1) is 5.82 Å². The fourth-order valence-electron chi connectivity index (χ4n) is 3.76. The molecular weight excluding hydrogens is 375 g/mol. The molecule has 1 aromatic heterocycles. The van der Waals surface area contributed by atoms with Crippen molar-refractivity contribution in [3.8, 4) is 0 Å². The number of nitrogen functional groups attached to an aromatic ring is 1. The van der Waals surface area contributed by atoms with Crippen LogP contribution in [0.3, 0.4) is 0 Å². The molecule has 5 N–H and O–H groups in total. The van der Waals surface area contributed by atoms with Gasteiger partial charge in [-0.15, -0.1) is 0 Å². The summed E-state index contributed by atoms with van der Waals surface area (Å²) in [5.41, 5.74) is 6.54. The van der Waals surface area contributed by atoms with Crippen LogP contribution in [0.4, 0.5) is 21.5 Å². The molecule has 0 saturated carbocycles. The minimum Gasteiger partial charge on any atom is -0.396 e. The number of nitrogens with one attached hydrogen (secondary N) is 1. The Bertz CT molecular complexity index is 1110. The fraction of sp³-hybridized carbons (Fsp3) is 0.286. The van der Waals surface area contributed by atoms with Gasteiger partial charge < -0.3 is 30.7 Å². The summed E-state index contributed by atoms with van der Waals surface area (Å²) in [6.45, 7) is 3.73. The lowest BCUT2D eigenvalue weighted by molar-refractivity contribution is -0.0435. The lowest BCUT2D eigenvalue weighted by Gasteiger charge is -2.42. The molecule has 0 spiro atoms. The molecule has 1 aliphatic rings. The van der Waals surface area contributed by atoms with Crippen LogP contribution in [0.5, 0.6) is 0 Å². The number of aromatic nitrogens is 1. The van der Waals surface area contributed by atoms with Crippen molar-refractivity contribution in [1.29, 1.82) is 0 Å². The molecule has 29 heavy (non-hydrogen) atoms. The molecule has 1 fully saturated rings. The van der Waals surface area contributed by atoms with Gasteiger partial charge in [0.25, 0.3) is 0 Å². The number of pyridine rings is 1. The first-order chi connectivity index (χ1) is 13.9. The summed E-state index contributed by atoms with van der Waals surface area (Å²) < 4.78 is 16.6. The molecule has 2 aromatic carbocycles. The van der Waals surface area contributed by atoms with Crippen LogP contribution in [0.25, 0.3) is 10.9 Å². The topological polar surface area (TPSA) is 104 Å². The molecule has 0 unspecified atom stereocenters. The molecule has 2 heterocycles.